The maximum Gasteiger partial charge on any atom is 0.433 e. The third-order valence-electron chi connectivity index (χ3n) is 2.48. The van der Waals surface area contributed by atoms with Crippen LogP contribution in [0, 0.1) is 0 Å². The molecule has 3 N–H and O–H groups in total. The van der Waals surface area contributed by atoms with Crippen LogP contribution in [0.25, 0.3) is 0 Å². The number of aromatic nitrogens is 1. The molecular formula is C11H16F3N3S. The number of nitrogens with two attached hydrogens (primary N) is 1. The lowest BCUT2D eigenvalue weighted by molar-refractivity contribution is -0.141. The van der Waals surface area contributed by atoms with Gasteiger partial charge in [0, 0.05) is 11.3 Å². The van der Waals surface area contributed by atoms with Gasteiger partial charge in [-0.3, -0.25) is 0 Å². The van der Waals surface area contributed by atoms with Gasteiger partial charge < -0.3 is 11.1 Å². The van der Waals surface area contributed by atoms with Crippen molar-refractivity contribution in [3.8, 4) is 0 Å². The number of hydrogen-bond acceptors (Lipinski definition) is 4. The van der Waals surface area contributed by atoms with Crippen molar-refractivity contribution >= 4 is 23.1 Å². The fraction of sp³-hybridized carbons (Fsp3) is 0.545. The van der Waals surface area contributed by atoms with E-state index in [1.54, 1.807) is 11.8 Å². The molecule has 102 valence electrons. The first kappa shape index (κ1) is 14.9. The molecule has 0 aliphatic rings. The molecule has 0 saturated carbocycles. The lowest BCUT2D eigenvalue weighted by atomic mass is 10.2. The van der Waals surface area contributed by atoms with E-state index in [1.165, 1.54) is 0 Å². The largest absolute Gasteiger partial charge is 0.433 e. The lowest BCUT2D eigenvalue weighted by Crippen LogP contribution is -2.26. The Bertz CT molecular complexity index is 418. The zero-order chi connectivity index (χ0) is 14.0. The molecule has 0 aromatic carbocycles. The van der Waals surface area contributed by atoms with Crippen molar-refractivity contribution in [3.63, 3.8) is 0 Å². The van der Waals surface area contributed by atoms with Gasteiger partial charge in [-0.05, 0) is 26.2 Å². The molecule has 0 aliphatic heterocycles. The fourth-order valence-corrected chi connectivity index (χ4v) is 1.37. The monoisotopic (exact) mass is 279 g/mol. The van der Waals surface area contributed by atoms with Gasteiger partial charge in [0.1, 0.15) is 5.69 Å². The second-order valence-electron chi connectivity index (χ2n) is 4.47. The van der Waals surface area contributed by atoms with Gasteiger partial charge in [0.05, 0.1) is 17.6 Å². The molecule has 0 amide bonds. The number of halogens is 3. The van der Waals surface area contributed by atoms with Gasteiger partial charge in [-0.2, -0.15) is 24.9 Å². The van der Waals surface area contributed by atoms with Crippen LogP contribution in [0.3, 0.4) is 0 Å². The summed E-state index contributed by atoms with van der Waals surface area (Å²) in [5.74, 6) is 0. The van der Waals surface area contributed by atoms with E-state index in [0.29, 0.717) is 6.54 Å². The molecule has 1 aromatic heterocycles. The Morgan fingerprint density at radius 1 is 1.39 bits per heavy atom. The molecule has 1 rings (SSSR count). The van der Waals surface area contributed by atoms with Gasteiger partial charge in [-0.1, -0.05) is 0 Å². The number of pyridine rings is 1. The number of rotatable bonds is 4. The van der Waals surface area contributed by atoms with E-state index < -0.39 is 11.9 Å². The number of nitrogens with one attached hydrogen (secondary N) is 1. The Morgan fingerprint density at radius 3 is 2.50 bits per heavy atom. The van der Waals surface area contributed by atoms with Crippen LogP contribution in [0.15, 0.2) is 12.3 Å². The molecule has 1 heterocycles. The standard InChI is InChI=1S/C11H16F3N3S/c1-10(2,18-3)6-17-8-4-9(11(12,13)14)16-5-7(8)15/h4-5H,6,15H2,1-3H3,(H,16,17). The molecule has 3 nitrogen and oxygen atoms in total. The molecular weight excluding hydrogens is 263 g/mol. The Hall–Kier alpha value is -1.11. The van der Waals surface area contributed by atoms with E-state index in [9.17, 15) is 13.2 Å². The minimum absolute atomic E-state index is 0.0892. The topological polar surface area (TPSA) is 50.9 Å². The Morgan fingerprint density at radius 2 is 2.00 bits per heavy atom. The van der Waals surface area contributed by atoms with Crippen molar-refractivity contribution in [3.05, 3.63) is 18.0 Å². The average molecular weight is 279 g/mol. The maximum atomic E-state index is 12.5. The van der Waals surface area contributed by atoms with Gasteiger partial charge in [-0.15, -0.1) is 0 Å². The quantitative estimate of drug-likeness (QED) is 0.888. The molecule has 0 aliphatic carbocycles. The Labute approximate surface area is 108 Å². The third kappa shape index (κ3) is 3.97. The minimum atomic E-state index is -4.46. The fourth-order valence-electron chi connectivity index (χ4n) is 1.15. The lowest BCUT2D eigenvalue weighted by Gasteiger charge is -2.23. The Kier molecular flexibility index (Phi) is 4.37. The van der Waals surface area contributed by atoms with Crippen LogP contribution < -0.4 is 11.1 Å². The SMILES string of the molecule is CSC(C)(C)CNc1cc(C(F)(F)F)ncc1N. The molecule has 0 fully saturated rings. The molecule has 0 unspecified atom stereocenters. The van der Waals surface area contributed by atoms with Crippen LogP contribution in [0.4, 0.5) is 24.5 Å². The summed E-state index contributed by atoms with van der Waals surface area (Å²) in [6.45, 7) is 4.50. The zero-order valence-electron chi connectivity index (χ0n) is 10.4. The van der Waals surface area contributed by atoms with Crippen LogP contribution in [0.5, 0.6) is 0 Å². The number of nitrogens with zero attached hydrogens (tertiary/aromatic N) is 1. The summed E-state index contributed by atoms with van der Waals surface area (Å²) in [7, 11) is 0. The average Bonchev–Trinajstić information content (AvgIpc) is 2.26. The van der Waals surface area contributed by atoms with Crippen LogP contribution in [-0.2, 0) is 6.18 Å². The number of thioether (sulfide) groups is 1. The summed E-state index contributed by atoms with van der Waals surface area (Å²) < 4.78 is 37.4. The van der Waals surface area contributed by atoms with Crippen molar-refractivity contribution in [2.45, 2.75) is 24.8 Å². The zero-order valence-corrected chi connectivity index (χ0v) is 11.2. The predicted molar refractivity (Wildman–Crippen MR) is 69.7 cm³/mol. The van der Waals surface area contributed by atoms with E-state index in [-0.39, 0.29) is 16.1 Å². The van der Waals surface area contributed by atoms with Crippen molar-refractivity contribution in [1.29, 1.82) is 0 Å². The summed E-state index contributed by atoms with van der Waals surface area (Å²) in [6, 6.07) is 0.936. The van der Waals surface area contributed by atoms with Gasteiger partial charge >= 0.3 is 6.18 Å². The molecule has 0 radical (unpaired) electrons. The van der Waals surface area contributed by atoms with Crippen molar-refractivity contribution in [2.75, 3.05) is 23.9 Å². The maximum absolute atomic E-state index is 12.5. The first-order valence-corrected chi connectivity index (χ1v) is 6.50. The van der Waals surface area contributed by atoms with E-state index in [2.05, 4.69) is 10.3 Å². The second-order valence-corrected chi connectivity index (χ2v) is 5.99. The summed E-state index contributed by atoms with van der Waals surface area (Å²) in [4.78, 5) is 3.28. The van der Waals surface area contributed by atoms with Crippen molar-refractivity contribution < 1.29 is 13.2 Å². The highest BCUT2D eigenvalue weighted by Gasteiger charge is 2.33. The van der Waals surface area contributed by atoms with Gasteiger partial charge in [0.2, 0.25) is 0 Å². The first-order valence-electron chi connectivity index (χ1n) is 5.27. The Balaban J connectivity index is 2.89. The summed E-state index contributed by atoms with van der Waals surface area (Å²) in [5.41, 5.74) is 5.13. The van der Waals surface area contributed by atoms with Crippen LogP contribution in [0.2, 0.25) is 0 Å². The molecule has 0 bridgehead atoms. The highest BCUT2D eigenvalue weighted by atomic mass is 32.2. The summed E-state index contributed by atoms with van der Waals surface area (Å²) in [6.07, 6.45) is -1.49. The third-order valence-corrected chi connectivity index (χ3v) is 3.73. The molecule has 0 atom stereocenters. The molecule has 0 saturated heterocycles. The van der Waals surface area contributed by atoms with E-state index in [4.69, 9.17) is 5.73 Å². The van der Waals surface area contributed by atoms with E-state index >= 15 is 0 Å². The second kappa shape index (κ2) is 5.26. The number of anilines is 2. The molecule has 0 spiro atoms. The molecule has 7 heteroatoms. The normalized spacial score (nSPS) is 12.6. The number of alkyl halides is 3. The minimum Gasteiger partial charge on any atom is -0.396 e. The highest BCUT2D eigenvalue weighted by Crippen LogP contribution is 2.31. The van der Waals surface area contributed by atoms with Crippen LogP contribution in [-0.4, -0.2) is 22.5 Å². The number of nitrogen functional groups attached to an aromatic ring is 1. The van der Waals surface area contributed by atoms with Gasteiger partial charge in [0.25, 0.3) is 0 Å². The predicted octanol–water partition coefficient (Wildman–Crippen LogP) is 3.24. The van der Waals surface area contributed by atoms with Crippen LogP contribution in [0.1, 0.15) is 19.5 Å². The highest BCUT2D eigenvalue weighted by molar-refractivity contribution is 7.99. The number of hydrogen-bond donors (Lipinski definition) is 2. The molecule has 1 aromatic rings. The van der Waals surface area contributed by atoms with Crippen molar-refractivity contribution in [1.82, 2.24) is 4.98 Å². The van der Waals surface area contributed by atoms with E-state index in [1.807, 2.05) is 20.1 Å². The summed E-state index contributed by atoms with van der Waals surface area (Å²) in [5, 5.41) is 2.93. The van der Waals surface area contributed by atoms with Gasteiger partial charge in [-0.25, -0.2) is 4.98 Å². The molecule has 18 heavy (non-hydrogen) atoms. The van der Waals surface area contributed by atoms with Crippen LogP contribution >= 0.6 is 11.8 Å². The van der Waals surface area contributed by atoms with Crippen molar-refractivity contribution in [2.24, 2.45) is 0 Å². The first-order chi connectivity index (χ1) is 8.15. The van der Waals surface area contributed by atoms with E-state index in [0.717, 1.165) is 12.3 Å². The summed E-state index contributed by atoms with van der Waals surface area (Å²) >= 11 is 1.62. The smallest absolute Gasteiger partial charge is 0.396 e. The van der Waals surface area contributed by atoms with Gasteiger partial charge in [0.15, 0.2) is 0 Å².